The number of anilines is 1. The van der Waals surface area contributed by atoms with E-state index in [1.54, 1.807) is 18.2 Å². The van der Waals surface area contributed by atoms with Gasteiger partial charge in [-0.15, -0.1) is 0 Å². The highest BCUT2D eigenvalue weighted by Gasteiger charge is 2.31. The van der Waals surface area contributed by atoms with Crippen LogP contribution in [0.5, 0.6) is 0 Å². The number of halogens is 3. The average Bonchev–Trinajstić information content (AvgIpc) is 2.13. The number of rotatable bonds is 2. The summed E-state index contributed by atoms with van der Waals surface area (Å²) < 4.78 is 36.0. The first-order valence-corrected chi connectivity index (χ1v) is 5.55. The van der Waals surface area contributed by atoms with Gasteiger partial charge in [-0.3, -0.25) is 4.79 Å². The van der Waals surface area contributed by atoms with Crippen molar-refractivity contribution in [3.05, 3.63) is 29.8 Å². The molecule has 1 rings (SSSR count). The van der Waals surface area contributed by atoms with Crippen LogP contribution in [-0.2, 0) is 10.2 Å². The molecule has 5 heteroatoms. The van der Waals surface area contributed by atoms with Crippen molar-refractivity contribution in [2.75, 3.05) is 5.32 Å². The summed E-state index contributed by atoms with van der Waals surface area (Å²) in [4.78, 5) is 11.2. The van der Waals surface area contributed by atoms with Gasteiger partial charge < -0.3 is 5.32 Å². The zero-order chi connectivity index (χ0) is 14.0. The maximum Gasteiger partial charge on any atom is 0.397 e. The Labute approximate surface area is 104 Å². The first-order chi connectivity index (χ1) is 8.08. The monoisotopic (exact) mass is 259 g/mol. The topological polar surface area (TPSA) is 29.1 Å². The minimum absolute atomic E-state index is 0.120. The summed E-state index contributed by atoms with van der Waals surface area (Å²) in [6.45, 7) is 5.97. The van der Waals surface area contributed by atoms with Gasteiger partial charge in [-0.25, -0.2) is 0 Å². The summed E-state index contributed by atoms with van der Waals surface area (Å²) >= 11 is 0. The Morgan fingerprint density at radius 2 is 1.83 bits per heavy atom. The van der Waals surface area contributed by atoms with Gasteiger partial charge in [0, 0.05) is 5.69 Å². The molecule has 18 heavy (non-hydrogen) atoms. The Bertz CT molecular complexity index is 433. The predicted molar refractivity (Wildman–Crippen MR) is 64.4 cm³/mol. The van der Waals surface area contributed by atoms with Crippen LogP contribution in [0.25, 0.3) is 0 Å². The van der Waals surface area contributed by atoms with E-state index in [-0.39, 0.29) is 5.41 Å². The zero-order valence-corrected chi connectivity index (χ0v) is 10.6. The number of hydrogen-bond donors (Lipinski definition) is 1. The molecule has 0 heterocycles. The van der Waals surface area contributed by atoms with Gasteiger partial charge >= 0.3 is 6.18 Å². The number of carbonyl (C=O) groups is 1. The third-order valence-corrected chi connectivity index (χ3v) is 2.37. The zero-order valence-electron chi connectivity index (χ0n) is 10.6. The van der Waals surface area contributed by atoms with E-state index in [4.69, 9.17) is 0 Å². The molecule has 0 saturated heterocycles. The molecule has 2 nitrogen and oxygen atoms in total. The summed E-state index contributed by atoms with van der Waals surface area (Å²) in [6, 6.07) is 6.85. The average molecular weight is 259 g/mol. The number of benzene rings is 1. The summed E-state index contributed by atoms with van der Waals surface area (Å²) in [5.41, 5.74) is 1.22. The third kappa shape index (κ3) is 4.77. The molecule has 100 valence electrons. The summed E-state index contributed by atoms with van der Waals surface area (Å²) in [7, 11) is 0. The molecule has 0 aliphatic carbocycles. The van der Waals surface area contributed by atoms with Gasteiger partial charge in [0.15, 0.2) is 0 Å². The maximum absolute atomic E-state index is 12.0. The SMILES string of the molecule is CC(C)(C)c1cccc(NC(=O)CC(F)(F)F)c1. The van der Waals surface area contributed by atoms with Gasteiger partial charge in [-0.2, -0.15) is 13.2 Å². The number of hydrogen-bond acceptors (Lipinski definition) is 1. The van der Waals surface area contributed by atoms with Crippen LogP contribution in [0.4, 0.5) is 18.9 Å². The van der Waals surface area contributed by atoms with E-state index in [0.29, 0.717) is 5.69 Å². The van der Waals surface area contributed by atoms with Crippen LogP contribution in [0, 0.1) is 0 Å². The highest BCUT2D eigenvalue weighted by atomic mass is 19.4. The Morgan fingerprint density at radius 3 is 2.33 bits per heavy atom. The van der Waals surface area contributed by atoms with Crippen molar-refractivity contribution in [2.45, 2.75) is 38.8 Å². The van der Waals surface area contributed by atoms with Crippen molar-refractivity contribution in [1.29, 1.82) is 0 Å². The van der Waals surface area contributed by atoms with Gasteiger partial charge in [0.25, 0.3) is 0 Å². The largest absolute Gasteiger partial charge is 0.397 e. The quantitative estimate of drug-likeness (QED) is 0.858. The Balaban J connectivity index is 2.77. The molecule has 0 aliphatic rings. The van der Waals surface area contributed by atoms with E-state index in [2.05, 4.69) is 5.32 Å². The van der Waals surface area contributed by atoms with Crippen LogP contribution in [0.2, 0.25) is 0 Å². The fraction of sp³-hybridized carbons (Fsp3) is 0.462. The van der Waals surface area contributed by atoms with E-state index in [1.165, 1.54) is 0 Å². The van der Waals surface area contributed by atoms with Gasteiger partial charge in [0.05, 0.1) is 0 Å². The number of amides is 1. The van der Waals surface area contributed by atoms with E-state index in [1.807, 2.05) is 26.8 Å². The van der Waals surface area contributed by atoms with Crippen LogP contribution in [0.1, 0.15) is 32.8 Å². The summed E-state index contributed by atoms with van der Waals surface area (Å²) in [5, 5.41) is 2.25. The fourth-order valence-electron chi connectivity index (χ4n) is 1.45. The van der Waals surface area contributed by atoms with Crippen molar-refractivity contribution in [3.63, 3.8) is 0 Å². The summed E-state index contributed by atoms with van der Waals surface area (Å²) in [6.07, 6.45) is -5.95. The second-order valence-corrected chi connectivity index (χ2v) is 5.17. The first kappa shape index (κ1) is 14.5. The van der Waals surface area contributed by atoms with Crippen molar-refractivity contribution >= 4 is 11.6 Å². The fourth-order valence-corrected chi connectivity index (χ4v) is 1.45. The third-order valence-electron chi connectivity index (χ3n) is 2.37. The van der Waals surface area contributed by atoms with Gasteiger partial charge in [-0.05, 0) is 23.1 Å². The lowest BCUT2D eigenvalue weighted by atomic mass is 9.87. The Hall–Kier alpha value is -1.52. The maximum atomic E-state index is 12.0. The molecule has 0 atom stereocenters. The molecule has 1 aromatic carbocycles. The highest BCUT2D eigenvalue weighted by Crippen LogP contribution is 2.25. The van der Waals surface area contributed by atoms with Gasteiger partial charge in [-0.1, -0.05) is 32.9 Å². The lowest BCUT2D eigenvalue weighted by Gasteiger charge is -2.20. The highest BCUT2D eigenvalue weighted by molar-refractivity contribution is 5.91. The van der Waals surface area contributed by atoms with Crippen LogP contribution >= 0.6 is 0 Å². The molecule has 0 aliphatic heterocycles. The molecule has 0 fully saturated rings. The van der Waals surface area contributed by atoms with Crippen molar-refractivity contribution in [2.24, 2.45) is 0 Å². The smallest absolute Gasteiger partial charge is 0.326 e. The van der Waals surface area contributed by atoms with Gasteiger partial charge in [0.1, 0.15) is 6.42 Å². The van der Waals surface area contributed by atoms with E-state index in [9.17, 15) is 18.0 Å². The molecule has 1 aromatic rings. The Morgan fingerprint density at radius 1 is 1.22 bits per heavy atom. The predicted octanol–water partition coefficient (Wildman–Crippen LogP) is 3.88. The molecule has 0 bridgehead atoms. The molecular weight excluding hydrogens is 243 g/mol. The first-order valence-electron chi connectivity index (χ1n) is 5.55. The second kappa shape index (κ2) is 5.00. The van der Waals surface area contributed by atoms with E-state index in [0.717, 1.165) is 5.56 Å². The molecule has 1 N–H and O–H groups in total. The van der Waals surface area contributed by atoms with Crippen LogP contribution in [0.3, 0.4) is 0 Å². The molecule has 0 saturated carbocycles. The molecule has 0 unspecified atom stereocenters. The molecule has 0 aromatic heterocycles. The van der Waals surface area contributed by atoms with Crippen molar-refractivity contribution < 1.29 is 18.0 Å². The van der Waals surface area contributed by atoms with Crippen LogP contribution in [-0.4, -0.2) is 12.1 Å². The minimum Gasteiger partial charge on any atom is -0.326 e. The van der Waals surface area contributed by atoms with Crippen LogP contribution < -0.4 is 5.32 Å². The molecule has 1 amide bonds. The number of alkyl halides is 3. The molecular formula is C13H16F3NO. The summed E-state index contributed by atoms with van der Waals surface area (Å²) in [5.74, 6) is -1.05. The normalized spacial score (nSPS) is 12.3. The second-order valence-electron chi connectivity index (χ2n) is 5.17. The van der Waals surface area contributed by atoms with E-state index >= 15 is 0 Å². The lowest BCUT2D eigenvalue weighted by Crippen LogP contribution is -2.21. The van der Waals surface area contributed by atoms with Crippen molar-refractivity contribution in [3.8, 4) is 0 Å². The lowest BCUT2D eigenvalue weighted by molar-refractivity contribution is -0.150. The minimum atomic E-state index is -4.48. The Kier molecular flexibility index (Phi) is 4.04. The number of carbonyl (C=O) groups excluding carboxylic acids is 1. The molecule has 0 radical (unpaired) electrons. The number of nitrogens with one attached hydrogen (secondary N) is 1. The standard InChI is InChI=1S/C13H16F3NO/c1-12(2,3)9-5-4-6-10(7-9)17-11(18)8-13(14,15)16/h4-7H,8H2,1-3H3,(H,17,18). The van der Waals surface area contributed by atoms with Gasteiger partial charge in [0.2, 0.25) is 5.91 Å². The molecule has 0 spiro atoms. The van der Waals surface area contributed by atoms with Crippen molar-refractivity contribution in [1.82, 2.24) is 0 Å². The van der Waals surface area contributed by atoms with Crippen LogP contribution in [0.15, 0.2) is 24.3 Å². The van der Waals surface area contributed by atoms with E-state index < -0.39 is 18.5 Å².